The van der Waals surface area contributed by atoms with Gasteiger partial charge >= 0.3 is 5.97 Å². The van der Waals surface area contributed by atoms with Crippen LogP contribution in [0, 0.1) is 26.7 Å². The van der Waals surface area contributed by atoms with Crippen LogP contribution in [-0.4, -0.2) is 34.1 Å². The molecule has 0 spiro atoms. The van der Waals surface area contributed by atoms with Gasteiger partial charge in [-0.05, 0) is 56.9 Å². The lowest BCUT2D eigenvalue weighted by Gasteiger charge is -2.31. The first-order valence-corrected chi connectivity index (χ1v) is 8.59. The van der Waals surface area contributed by atoms with Gasteiger partial charge in [-0.3, -0.25) is 4.79 Å². The van der Waals surface area contributed by atoms with Crippen molar-refractivity contribution in [3.05, 3.63) is 41.1 Å². The van der Waals surface area contributed by atoms with Crippen LogP contribution in [0.5, 0.6) is 0 Å². The number of anilines is 3. The van der Waals surface area contributed by atoms with Gasteiger partial charge in [-0.1, -0.05) is 6.07 Å². The second-order valence-corrected chi connectivity index (χ2v) is 6.79. The molecule has 3 rings (SSSR count). The molecule has 1 saturated heterocycles. The van der Waals surface area contributed by atoms with Crippen LogP contribution in [0.3, 0.4) is 0 Å². The molecule has 0 bridgehead atoms. The van der Waals surface area contributed by atoms with Crippen LogP contribution in [0.4, 0.5) is 17.5 Å². The zero-order chi connectivity index (χ0) is 18.0. The molecule has 0 radical (unpaired) electrons. The Kier molecular flexibility index (Phi) is 4.88. The molecule has 2 aromatic rings. The summed E-state index contributed by atoms with van der Waals surface area (Å²) in [4.78, 5) is 22.4. The Hall–Kier alpha value is -2.63. The smallest absolute Gasteiger partial charge is 0.306 e. The summed E-state index contributed by atoms with van der Waals surface area (Å²) < 4.78 is 0. The van der Waals surface area contributed by atoms with E-state index in [9.17, 15) is 4.79 Å². The molecule has 0 amide bonds. The van der Waals surface area contributed by atoms with Gasteiger partial charge in [-0.15, -0.1) is 0 Å². The maximum atomic E-state index is 11.1. The SMILES string of the molecule is Cc1cc(C)cc(Nc2nc(C)cc(N3CCC(C(=O)O)CC3)n2)c1. The van der Waals surface area contributed by atoms with Gasteiger partial charge in [-0.25, -0.2) is 4.98 Å². The molecule has 2 heterocycles. The molecular weight excluding hydrogens is 316 g/mol. The van der Waals surface area contributed by atoms with Gasteiger partial charge in [0.15, 0.2) is 0 Å². The number of nitrogens with zero attached hydrogens (tertiary/aromatic N) is 3. The van der Waals surface area contributed by atoms with Crippen LogP contribution in [0.25, 0.3) is 0 Å². The van der Waals surface area contributed by atoms with Crippen molar-refractivity contribution in [2.45, 2.75) is 33.6 Å². The molecule has 0 saturated carbocycles. The van der Waals surface area contributed by atoms with Gasteiger partial charge in [0.05, 0.1) is 5.92 Å². The third kappa shape index (κ3) is 4.26. The van der Waals surface area contributed by atoms with E-state index in [2.05, 4.69) is 52.2 Å². The summed E-state index contributed by atoms with van der Waals surface area (Å²) in [5.74, 6) is 0.478. The molecule has 1 fully saturated rings. The van der Waals surface area contributed by atoms with Crippen LogP contribution >= 0.6 is 0 Å². The van der Waals surface area contributed by atoms with Crippen molar-refractivity contribution in [2.24, 2.45) is 5.92 Å². The zero-order valence-electron chi connectivity index (χ0n) is 14.9. The summed E-state index contributed by atoms with van der Waals surface area (Å²) in [5.41, 5.74) is 4.23. The molecule has 0 aliphatic carbocycles. The van der Waals surface area contributed by atoms with Gasteiger partial charge in [0.25, 0.3) is 0 Å². The number of aliphatic carboxylic acids is 1. The Morgan fingerprint density at radius 3 is 2.32 bits per heavy atom. The molecule has 1 aromatic heterocycles. The van der Waals surface area contributed by atoms with Gasteiger partial charge in [0, 0.05) is 30.5 Å². The molecule has 6 nitrogen and oxygen atoms in total. The molecule has 2 N–H and O–H groups in total. The Morgan fingerprint density at radius 1 is 1.08 bits per heavy atom. The third-order valence-electron chi connectivity index (χ3n) is 4.49. The van der Waals surface area contributed by atoms with Crippen molar-refractivity contribution in [1.82, 2.24) is 9.97 Å². The van der Waals surface area contributed by atoms with E-state index < -0.39 is 5.97 Å². The maximum absolute atomic E-state index is 11.1. The molecule has 1 aliphatic rings. The molecule has 6 heteroatoms. The van der Waals surface area contributed by atoms with Crippen molar-refractivity contribution in [3.63, 3.8) is 0 Å². The highest BCUT2D eigenvalue weighted by molar-refractivity contribution is 5.70. The summed E-state index contributed by atoms with van der Waals surface area (Å²) in [6.45, 7) is 7.48. The minimum atomic E-state index is -0.698. The lowest BCUT2D eigenvalue weighted by Crippen LogP contribution is -2.36. The zero-order valence-corrected chi connectivity index (χ0v) is 14.9. The lowest BCUT2D eigenvalue weighted by atomic mass is 9.97. The fourth-order valence-corrected chi connectivity index (χ4v) is 3.30. The van der Waals surface area contributed by atoms with E-state index in [0.29, 0.717) is 31.9 Å². The topological polar surface area (TPSA) is 78.4 Å². The summed E-state index contributed by atoms with van der Waals surface area (Å²) in [6.07, 6.45) is 1.30. The number of aryl methyl sites for hydroxylation is 3. The number of benzene rings is 1. The monoisotopic (exact) mass is 340 g/mol. The van der Waals surface area contributed by atoms with Crippen LogP contribution < -0.4 is 10.2 Å². The number of aromatic nitrogens is 2. The first-order valence-electron chi connectivity index (χ1n) is 8.59. The Morgan fingerprint density at radius 2 is 1.72 bits per heavy atom. The van der Waals surface area contributed by atoms with Gasteiger partial charge in [0.1, 0.15) is 5.82 Å². The highest BCUT2D eigenvalue weighted by Gasteiger charge is 2.25. The van der Waals surface area contributed by atoms with E-state index in [1.807, 2.05) is 13.0 Å². The fourth-order valence-electron chi connectivity index (χ4n) is 3.30. The van der Waals surface area contributed by atoms with Crippen molar-refractivity contribution in [2.75, 3.05) is 23.3 Å². The molecule has 1 aromatic carbocycles. The van der Waals surface area contributed by atoms with E-state index in [0.717, 1.165) is 17.2 Å². The van der Waals surface area contributed by atoms with Gasteiger partial charge < -0.3 is 15.3 Å². The minimum absolute atomic E-state index is 0.243. The van der Waals surface area contributed by atoms with Crippen molar-refractivity contribution in [3.8, 4) is 0 Å². The highest BCUT2D eigenvalue weighted by atomic mass is 16.4. The number of piperidine rings is 1. The van der Waals surface area contributed by atoms with E-state index in [-0.39, 0.29) is 5.92 Å². The molecule has 1 aliphatic heterocycles. The molecule has 25 heavy (non-hydrogen) atoms. The number of nitrogens with one attached hydrogen (secondary N) is 1. The maximum Gasteiger partial charge on any atom is 0.306 e. The molecule has 132 valence electrons. The fraction of sp³-hybridized carbons (Fsp3) is 0.421. The first-order chi connectivity index (χ1) is 11.9. The molecule has 0 unspecified atom stereocenters. The van der Waals surface area contributed by atoms with E-state index in [4.69, 9.17) is 5.11 Å². The Balaban J connectivity index is 1.78. The minimum Gasteiger partial charge on any atom is -0.481 e. The molecule has 0 atom stereocenters. The second-order valence-electron chi connectivity index (χ2n) is 6.79. The number of hydrogen-bond donors (Lipinski definition) is 2. The standard InChI is InChI=1S/C19H24N4O2/c1-12-8-13(2)10-16(9-12)21-19-20-14(3)11-17(22-19)23-6-4-15(5-7-23)18(24)25/h8-11,15H,4-7H2,1-3H3,(H,24,25)(H,20,21,22). The number of rotatable bonds is 4. The van der Waals surface area contributed by atoms with Crippen LogP contribution in [0.1, 0.15) is 29.7 Å². The van der Waals surface area contributed by atoms with Crippen molar-refractivity contribution in [1.29, 1.82) is 0 Å². The lowest BCUT2D eigenvalue weighted by molar-refractivity contribution is -0.142. The van der Waals surface area contributed by atoms with Gasteiger partial charge in [-0.2, -0.15) is 4.98 Å². The summed E-state index contributed by atoms with van der Waals surface area (Å²) in [5, 5.41) is 12.4. The van der Waals surface area contributed by atoms with E-state index >= 15 is 0 Å². The summed E-state index contributed by atoms with van der Waals surface area (Å²) in [7, 11) is 0. The predicted molar refractivity (Wildman–Crippen MR) is 98.5 cm³/mol. The van der Waals surface area contributed by atoms with Crippen molar-refractivity contribution < 1.29 is 9.90 Å². The third-order valence-corrected chi connectivity index (χ3v) is 4.49. The predicted octanol–water partition coefficient (Wildman–Crippen LogP) is 3.45. The number of carboxylic acids is 1. The quantitative estimate of drug-likeness (QED) is 0.887. The second kappa shape index (κ2) is 7.09. The summed E-state index contributed by atoms with van der Waals surface area (Å²) >= 11 is 0. The average molecular weight is 340 g/mol. The Labute approximate surface area is 147 Å². The molecular formula is C19H24N4O2. The average Bonchev–Trinajstić information content (AvgIpc) is 2.53. The van der Waals surface area contributed by atoms with Gasteiger partial charge in [0.2, 0.25) is 5.95 Å². The normalized spacial score (nSPS) is 15.2. The summed E-state index contributed by atoms with van der Waals surface area (Å²) in [6, 6.07) is 8.21. The van der Waals surface area contributed by atoms with E-state index in [1.165, 1.54) is 11.1 Å². The van der Waals surface area contributed by atoms with Crippen LogP contribution in [0.2, 0.25) is 0 Å². The largest absolute Gasteiger partial charge is 0.481 e. The first kappa shape index (κ1) is 17.2. The van der Waals surface area contributed by atoms with E-state index in [1.54, 1.807) is 0 Å². The highest BCUT2D eigenvalue weighted by Crippen LogP contribution is 2.24. The van der Waals surface area contributed by atoms with Crippen LogP contribution in [0.15, 0.2) is 24.3 Å². The Bertz CT molecular complexity index is 763. The number of hydrogen-bond acceptors (Lipinski definition) is 5. The van der Waals surface area contributed by atoms with Crippen molar-refractivity contribution >= 4 is 23.4 Å². The number of carbonyl (C=O) groups is 1. The van der Waals surface area contributed by atoms with Crippen LogP contribution in [-0.2, 0) is 4.79 Å². The number of carboxylic acid groups (broad SMARTS) is 1.